The summed E-state index contributed by atoms with van der Waals surface area (Å²) < 4.78 is 0. The number of unbranched alkanes of at least 4 members (excludes halogenated alkanes) is 5. The quantitative estimate of drug-likeness (QED) is 0.475. The molecule has 0 spiro atoms. The molecule has 21 heavy (non-hydrogen) atoms. The van der Waals surface area contributed by atoms with E-state index >= 15 is 0 Å². The van der Waals surface area contributed by atoms with E-state index in [9.17, 15) is 0 Å². The molecule has 2 aromatic carbocycles. The number of hydrogen-bond acceptors (Lipinski definition) is 0. The van der Waals surface area contributed by atoms with E-state index in [0.29, 0.717) is 0 Å². The summed E-state index contributed by atoms with van der Waals surface area (Å²) in [5, 5.41) is 3.19. The average Bonchev–Trinajstić information content (AvgIpc) is 2.56. The van der Waals surface area contributed by atoms with Gasteiger partial charge in [0.1, 0.15) is 8.80 Å². The average molecular weight is 297 g/mol. The Bertz CT molecular complexity index is 438. The first-order chi connectivity index (χ1) is 10.4. The van der Waals surface area contributed by atoms with Gasteiger partial charge in [0.05, 0.1) is 0 Å². The van der Waals surface area contributed by atoms with Gasteiger partial charge in [-0.1, -0.05) is 123 Å². The zero-order valence-corrected chi connectivity index (χ0v) is 14.5. The standard InChI is InChI=1S/C20H28Si/c1-2-3-4-5-6-13-18-21(19-14-9-7-10-15-19)20-16-11-8-12-17-20/h7-12,14-17,21H,2-6,13,18H2,1H3. The third kappa shape index (κ3) is 5.51. The van der Waals surface area contributed by atoms with Crippen LogP contribution in [0.15, 0.2) is 60.7 Å². The predicted octanol–water partition coefficient (Wildman–Crippen LogP) is 4.39. The van der Waals surface area contributed by atoms with Crippen molar-refractivity contribution in [3.05, 3.63) is 60.7 Å². The summed E-state index contributed by atoms with van der Waals surface area (Å²) in [6, 6.07) is 23.8. The van der Waals surface area contributed by atoms with E-state index in [1.165, 1.54) is 44.6 Å². The van der Waals surface area contributed by atoms with Gasteiger partial charge in [-0.3, -0.25) is 0 Å². The highest BCUT2D eigenvalue weighted by atomic mass is 28.3. The normalized spacial score (nSPS) is 11.0. The van der Waals surface area contributed by atoms with E-state index in [4.69, 9.17) is 0 Å². The summed E-state index contributed by atoms with van der Waals surface area (Å²) in [4.78, 5) is 0. The molecule has 0 aromatic heterocycles. The van der Waals surface area contributed by atoms with Gasteiger partial charge in [-0.25, -0.2) is 0 Å². The fraction of sp³-hybridized carbons (Fsp3) is 0.400. The highest BCUT2D eigenvalue weighted by molar-refractivity contribution is 6.85. The highest BCUT2D eigenvalue weighted by Gasteiger charge is 2.15. The number of hydrogen-bond donors (Lipinski definition) is 0. The second-order valence-corrected chi connectivity index (χ2v) is 8.95. The van der Waals surface area contributed by atoms with Crippen molar-refractivity contribution in [2.45, 2.75) is 51.5 Å². The second-order valence-electron chi connectivity index (χ2n) is 5.93. The summed E-state index contributed by atoms with van der Waals surface area (Å²) in [6.07, 6.45) is 8.37. The van der Waals surface area contributed by atoms with E-state index in [1.54, 1.807) is 10.4 Å². The Morgan fingerprint density at radius 2 is 1.10 bits per heavy atom. The Balaban J connectivity index is 1.94. The molecular weight excluding hydrogens is 268 g/mol. The molecule has 0 aliphatic rings. The van der Waals surface area contributed by atoms with Crippen LogP contribution in [0.25, 0.3) is 0 Å². The molecule has 0 aliphatic carbocycles. The third-order valence-electron chi connectivity index (χ3n) is 4.25. The van der Waals surface area contributed by atoms with E-state index in [0.717, 1.165) is 0 Å². The second kappa shape index (κ2) is 9.57. The number of benzene rings is 2. The highest BCUT2D eigenvalue weighted by Crippen LogP contribution is 2.09. The predicted molar refractivity (Wildman–Crippen MR) is 97.5 cm³/mol. The fourth-order valence-corrected chi connectivity index (χ4v) is 6.15. The van der Waals surface area contributed by atoms with Crippen molar-refractivity contribution in [2.75, 3.05) is 0 Å². The van der Waals surface area contributed by atoms with Gasteiger partial charge in [0.25, 0.3) is 0 Å². The largest absolute Gasteiger partial charge is 0.103 e. The molecule has 0 heterocycles. The first-order valence-electron chi connectivity index (χ1n) is 8.51. The molecule has 112 valence electrons. The van der Waals surface area contributed by atoms with Crippen LogP contribution in [-0.4, -0.2) is 8.80 Å². The van der Waals surface area contributed by atoms with Crippen molar-refractivity contribution in [1.82, 2.24) is 0 Å². The van der Waals surface area contributed by atoms with E-state index in [-0.39, 0.29) is 0 Å². The fourth-order valence-electron chi connectivity index (χ4n) is 3.03. The monoisotopic (exact) mass is 296 g/mol. The SMILES string of the molecule is CCCCCCCC[SiH](c1ccccc1)c1ccccc1. The molecule has 1 heteroatoms. The van der Waals surface area contributed by atoms with Gasteiger partial charge < -0.3 is 0 Å². The molecule has 0 aliphatic heterocycles. The maximum absolute atomic E-state index is 2.33. The Labute approximate surface area is 131 Å². The number of rotatable bonds is 9. The summed E-state index contributed by atoms with van der Waals surface area (Å²) >= 11 is 0. The molecule has 0 atom stereocenters. The van der Waals surface area contributed by atoms with Crippen LogP contribution in [-0.2, 0) is 0 Å². The Morgan fingerprint density at radius 3 is 1.62 bits per heavy atom. The Hall–Kier alpha value is -1.34. The van der Waals surface area contributed by atoms with Gasteiger partial charge in [0, 0.05) is 0 Å². The van der Waals surface area contributed by atoms with E-state index in [2.05, 4.69) is 67.6 Å². The van der Waals surface area contributed by atoms with Crippen molar-refractivity contribution in [1.29, 1.82) is 0 Å². The molecule has 0 saturated heterocycles. The summed E-state index contributed by atoms with van der Waals surface area (Å²) in [6.45, 7) is 2.29. The van der Waals surface area contributed by atoms with Crippen LogP contribution in [0.4, 0.5) is 0 Å². The van der Waals surface area contributed by atoms with Crippen LogP contribution in [0, 0.1) is 0 Å². The van der Waals surface area contributed by atoms with E-state index < -0.39 is 8.80 Å². The molecule has 0 fully saturated rings. The first kappa shape index (κ1) is 16.0. The van der Waals surface area contributed by atoms with Crippen LogP contribution in [0.5, 0.6) is 0 Å². The molecule has 0 nitrogen and oxygen atoms in total. The minimum Gasteiger partial charge on any atom is -0.0654 e. The topological polar surface area (TPSA) is 0 Å². The zero-order valence-electron chi connectivity index (χ0n) is 13.3. The summed E-state index contributed by atoms with van der Waals surface area (Å²) in [5.74, 6) is 0. The van der Waals surface area contributed by atoms with Gasteiger partial charge in [-0.2, -0.15) is 0 Å². The van der Waals surface area contributed by atoms with Gasteiger partial charge in [0.2, 0.25) is 0 Å². The first-order valence-corrected chi connectivity index (χ1v) is 10.5. The molecule has 0 radical (unpaired) electrons. The summed E-state index contributed by atoms with van der Waals surface area (Å²) in [7, 11) is -1.01. The van der Waals surface area contributed by atoms with Crippen molar-refractivity contribution in [2.24, 2.45) is 0 Å². The minimum absolute atomic E-state index is 1.01. The van der Waals surface area contributed by atoms with Gasteiger partial charge in [0.15, 0.2) is 0 Å². The molecule has 0 N–H and O–H groups in total. The van der Waals surface area contributed by atoms with Crippen LogP contribution in [0.1, 0.15) is 45.4 Å². The molecule has 0 amide bonds. The van der Waals surface area contributed by atoms with Gasteiger partial charge in [-0.05, 0) is 0 Å². The molecular formula is C20H28Si. The lowest BCUT2D eigenvalue weighted by molar-refractivity contribution is 0.624. The van der Waals surface area contributed by atoms with Crippen molar-refractivity contribution < 1.29 is 0 Å². The molecule has 0 bridgehead atoms. The van der Waals surface area contributed by atoms with Crippen LogP contribution >= 0.6 is 0 Å². The maximum Gasteiger partial charge on any atom is 0.103 e. The van der Waals surface area contributed by atoms with Crippen LogP contribution in [0.3, 0.4) is 0 Å². The minimum atomic E-state index is -1.01. The third-order valence-corrected chi connectivity index (χ3v) is 7.62. The van der Waals surface area contributed by atoms with Crippen molar-refractivity contribution in [3.8, 4) is 0 Å². The lowest BCUT2D eigenvalue weighted by Gasteiger charge is -2.16. The lowest BCUT2D eigenvalue weighted by atomic mass is 10.1. The maximum atomic E-state index is 2.33. The molecule has 0 unspecified atom stereocenters. The van der Waals surface area contributed by atoms with Crippen molar-refractivity contribution in [3.63, 3.8) is 0 Å². The Kier molecular flexibility index (Phi) is 7.31. The van der Waals surface area contributed by atoms with Gasteiger partial charge in [-0.15, -0.1) is 0 Å². The van der Waals surface area contributed by atoms with Gasteiger partial charge >= 0.3 is 0 Å². The zero-order chi connectivity index (χ0) is 14.8. The molecule has 2 rings (SSSR count). The Morgan fingerprint density at radius 1 is 0.619 bits per heavy atom. The van der Waals surface area contributed by atoms with E-state index in [1.807, 2.05) is 0 Å². The smallest absolute Gasteiger partial charge is 0.0654 e. The van der Waals surface area contributed by atoms with Crippen LogP contribution < -0.4 is 10.4 Å². The van der Waals surface area contributed by atoms with Crippen molar-refractivity contribution >= 4 is 19.2 Å². The van der Waals surface area contributed by atoms with Crippen LogP contribution in [0.2, 0.25) is 6.04 Å². The molecule has 0 saturated carbocycles. The molecule has 2 aromatic rings. The summed E-state index contributed by atoms with van der Waals surface area (Å²) in [5.41, 5.74) is 0. The lowest BCUT2D eigenvalue weighted by Crippen LogP contribution is -2.41.